The van der Waals surface area contributed by atoms with E-state index in [1.165, 1.54) is 25.1 Å². The molecule has 0 aliphatic heterocycles. The first-order valence-electron chi connectivity index (χ1n) is 11.1. The number of alkyl halides is 3. The van der Waals surface area contributed by atoms with Gasteiger partial charge in [0.1, 0.15) is 11.5 Å². The Kier molecular flexibility index (Phi) is 8.24. The highest BCUT2D eigenvalue weighted by Crippen LogP contribution is 2.32. The normalized spacial score (nSPS) is 15.6. The van der Waals surface area contributed by atoms with Crippen molar-refractivity contribution in [1.29, 1.82) is 0 Å². The van der Waals surface area contributed by atoms with Gasteiger partial charge in [-0.25, -0.2) is 17.8 Å². The number of nitrogens with zero attached hydrogens (tertiary/aromatic N) is 1. The van der Waals surface area contributed by atoms with Crippen molar-refractivity contribution >= 4 is 21.6 Å². The molecule has 7 nitrogen and oxygen atoms in total. The number of anilines is 1. The first kappa shape index (κ1) is 26.7. The third-order valence-electron chi connectivity index (χ3n) is 5.81. The summed E-state index contributed by atoms with van der Waals surface area (Å²) < 4.78 is 84.7. The Labute approximate surface area is 201 Å². The number of sulfonamides is 1. The van der Waals surface area contributed by atoms with Crippen LogP contribution in [0.2, 0.25) is 0 Å². The molecule has 12 heteroatoms. The van der Waals surface area contributed by atoms with Gasteiger partial charge in [-0.05, 0) is 49.4 Å². The van der Waals surface area contributed by atoms with E-state index in [-0.39, 0.29) is 41.8 Å². The quantitative estimate of drug-likeness (QED) is 0.474. The molecule has 1 atom stereocenters. The van der Waals surface area contributed by atoms with Gasteiger partial charge in [0, 0.05) is 12.1 Å². The van der Waals surface area contributed by atoms with Crippen LogP contribution in [0.1, 0.15) is 55.3 Å². The summed E-state index contributed by atoms with van der Waals surface area (Å²) in [4.78, 5) is 16.4. The van der Waals surface area contributed by atoms with Crippen LogP contribution >= 0.6 is 0 Å². The van der Waals surface area contributed by atoms with Crippen molar-refractivity contribution in [2.75, 3.05) is 17.6 Å². The molecule has 192 valence electrons. The van der Waals surface area contributed by atoms with Crippen molar-refractivity contribution < 1.29 is 35.5 Å². The van der Waals surface area contributed by atoms with Gasteiger partial charge in [-0.15, -0.1) is 0 Å². The standard InChI is InChI=1S/C23H27F4N3O4S/c1-14(17-8-5-9-18(24)20(17)30-35(2,32)33)21(31)28-12-16-10-11-19(23(25,26)27)29-22(16)34-13-15-6-3-4-7-15/h5,8-11,14-15,30H,3-4,6-7,12-13H2,1-2H3,(H,28,31). The fraction of sp³-hybridized carbons (Fsp3) is 0.478. The van der Waals surface area contributed by atoms with E-state index in [2.05, 4.69) is 15.0 Å². The molecule has 2 aromatic rings. The van der Waals surface area contributed by atoms with E-state index < -0.39 is 39.5 Å². The van der Waals surface area contributed by atoms with Crippen LogP contribution in [0.4, 0.5) is 23.2 Å². The number of aromatic nitrogens is 1. The summed E-state index contributed by atoms with van der Waals surface area (Å²) in [5.41, 5.74) is -1.07. The molecule has 3 rings (SSSR count). The highest BCUT2D eigenvalue weighted by Gasteiger charge is 2.33. The predicted octanol–water partition coefficient (Wildman–Crippen LogP) is 4.60. The fourth-order valence-corrected chi connectivity index (χ4v) is 4.52. The van der Waals surface area contributed by atoms with Gasteiger partial charge in [-0.3, -0.25) is 9.52 Å². The molecule has 2 N–H and O–H groups in total. The fourth-order valence-electron chi connectivity index (χ4n) is 3.93. The van der Waals surface area contributed by atoms with E-state index in [0.717, 1.165) is 44.1 Å². The van der Waals surface area contributed by atoms with Gasteiger partial charge in [-0.1, -0.05) is 25.0 Å². The Morgan fingerprint density at radius 2 is 1.89 bits per heavy atom. The van der Waals surface area contributed by atoms with Crippen LogP contribution in [0.25, 0.3) is 0 Å². The SMILES string of the molecule is CC(C(=O)NCc1ccc(C(F)(F)F)nc1OCC1CCCC1)c1cccc(F)c1NS(C)(=O)=O. The van der Waals surface area contributed by atoms with Crippen molar-refractivity contribution in [2.24, 2.45) is 5.92 Å². The molecule has 1 saturated carbocycles. The van der Waals surface area contributed by atoms with Gasteiger partial charge in [0.2, 0.25) is 21.8 Å². The molecule has 1 aliphatic rings. The maximum atomic E-state index is 14.3. The number of rotatable bonds is 9. The second kappa shape index (κ2) is 10.8. The zero-order chi connectivity index (χ0) is 25.8. The molecule has 1 aromatic carbocycles. The summed E-state index contributed by atoms with van der Waals surface area (Å²) in [6.07, 6.45) is 0.156. The number of nitrogens with one attached hydrogen (secondary N) is 2. The van der Waals surface area contributed by atoms with Crippen LogP contribution in [0.3, 0.4) is 0 Å². The summed E-state index contributed by atoms with van der Waals surface area (Å²) in [5.74, 6) is -2.37. The molecule has 1 unspecified atom stereocenters. The summed E-state index contributed by atoms with van der Waals surface area (Å²) in [6.45, 7) is 1.51. The number of ether oxygens (including phenoxy) is 1. The second-order valence-corrected chi connectivity index (χ2v) is 10.4. The number of hydrogen-bond acceptors (Lipinski definition) is 5. The second-order valence-electron chi connectivity index (χ2n) is 8.64. The Morgan fingerprint density at radius 1 is 1.20 bits per heavy atom. The lowest BCUT2D eigenvalue weighted by Crippen LogP contribution is -2.29. The number of amides is 1. The Bertz CT molecular complexity index is 1170. The van der Waals surface area contributed by atoms with Crippen molar-refractivity contribution in [3.63, 3.8) is 0 Å². The first-order valence-corrected chi connectivity index (χ1v) is 13.0. The lowest BCUT2D eigenvalue weighted by Gasteiger charge is -2.19. The molecular formula is C23H27F4N3O4S. The van der Waals surface area contributed by atoms with Crippen molar-refractivity contribution in [3.8, 4) is 5.88 Å². The van der Waals surface area contributed by atoms with Crippen LogP contribution in [0, 0.1) is 11.7 Å². The van der Waals surface area contributed by atoms with E-state index >= 15 is 0 Å². The molecule has 0 spiro atoms. The number of carbonyl (C=O) groups is 1. The van der Waals surface area contributed by atoms with E-state index in [1.54, 1.807) is 0 Å². The minimum atomic E-state index is -4.65. The smallest absolute Gasteiger partial charge is 0.433 e. The molecule has 0 saturated heterocycles. The van der Waals surface area contributed by atoms with E-state index in [1.807, 2.05) is 0 Å². The molecule has 1 amide bonds. The van der Waals surface area contributed by atoms with Crippen LogP contribution in [0.15, 0.2) is 30.3 Å². The molecule has 35 heavy (non-hydrogen) atoms. The van der Waals surface area contributed by atoms with Gasteiger partial charge in [-0.2, -0.15) is 13.2 Å². The predicted molar refractivity (Wildman–Crippen MR) is 122 cm³/mol. The van der Waals surface area contributed by atoms with Crippen LogP contribution in [-0.4, -0.2) is 32.2 Å². The minimum absolute atomic E-state index is 0.108. The van der Waals surface area contributed by atoms with Crippen LogP contribution in [-0.2, 0) is 27.5 Å². The van der Waals surface area contributed by atoms with Crippen LogP contribution in [0.5, 0.6) is 5.88 Å². The third kappa shape index (κ3) is 7.30. The Balaban J connectivity index is 1.77. The lowest BCUT2D eigenvalue weighted by atomic mass is 9.98. The lowest BCUT2D eigenvalue weighted by molar-refractivity contribution is -0.141. The maximum Gasteiger partial charge on any atom is 0.433 e. The number of benzene rings is 1. The summed E-state index contributed by atoms with van der Waals surface area (Å²) in [7, 11) is -3.81. The molecule has 0 radical (unpaired) electrons. The van der Waals surface area contributed by atoms with E-state index in [9.17, 15) is 30.8 Å². The number of hydrogen-bond donors (Lipinski definition) is 2. The van der Waals surface area contributed by atoms with E-state index in [4.69, 9.17) is 4.74 Å². The molecule has 1 aliphatic carbocycles. The molecular weight excluding hydrogens is 490 g/mol. The summed E-state index contributed by atoms with van der Waals surface area (Å²) in [5, 5.41) is 2.59. The number of halogens is 4. The molecule has 1 fully saturated rings. The van der Waals surface area contributed by atoms with Gasteiger partial charge in [0.15, 0.2) is 0 Å². The highest BCUT2D eigenvalue weighted by atomic mass is 32.2. The molecule has 1 aromatic heterocycles. The third-order valence-corrected chi connectivity index (χ3v) is 6.38. The van der Waals surface area contributed by atoms with Crippen molar-refractivity contribution in [3.05, 3.63) is 53.0 Å². The first-order chi connectivity index (χ1) is 16.3. The van der Waals surface area contributed by atoms with Crippen molar-refractivity contribution in [1.82, 2.24) is 10.3 Å². The average Bonchev–Trinajstić information content (AvgIpc) is 3.29. The number of para-hydroxylation sites is 1. The summed E-state index contributed by atoms with van der Waals surface area (Å²) in [6, 6.07) is 5.83. The maximum absolute atomic E-state index is 14.3. The topological polar surface area (TPSA) is 97.4 Å². The number of pyridine rings is 1. The van der Waals surface area contributed by atoms with Gasteiger partial charge in [0.05, 0.1) is 24.5 Å². The summed E-state index contributed by atoms with van der Waals surface area (Å²) >= 11 is 0. The zero-order valence-electron chi connectivity index (χ0n) is 19.3. The monoisotopic (exact) mass is 517 g/mol. The van der Waals surface area contributed by atoms with Gasteiger partial charge in [0.25, 0.3) is 0 Å². The molecule has 1 heterocycles. The zero-order valence-corrected chi connectivity index (χ0v) is 20.1. The van der Waals surface area contributed by atoms with Crippen molar-refractivity contribution in [2.45, 2.75) is 51.2 Å². The largest absolute Gasteiger partial charge is 0.477 e. The Morgan fingerprint density at radius 3 is 2.51 bits per heavy atom. The highest BCUT2D eigenvalue weighted by molar-refractivity contribution is 7.92. The minimum Gasteiger partial charge on any atom is -0.477 e. The van der Waals surface area contributed by atoms with E-state index in [0.29, 0.717) is 0 Å². The molecule has 0 bridgehead atoms. The number of carbonyl (C=O) groups excluding carboxylic acids is 1. The average molecular weight is 518 g/mol. The van der Waals surface area contributed by atoms with Crippen LogP contribution < -0.4 is 14.8 Å². The Hall–Kier alpha value is -2.89. The van der Waals surface area contributed by atoms with Gasteiger partial charge < -0.3 is 10.1 Å². The van der Waals surface area contributed by atoms with Gasteiger partial charge >= 0.3 is 6.18 Å².